The number of rotatable bonds is 7. The Morgan fingerprint density at radius 3 is 2.73 bits per heavy atom. The van der Waals surface area contributed by atoms with Gasteiger partial charge in [-0.05, 0) is 35.7 Å². The Morgan fingerprint density at radius 2 is 1.96 bits per heavy atom. The van der Waals surface area contributed by atoms with Gasteiger partial charge in [0.1, 0.15) is 6.04 Å². The van der Waals surface area contributed by atoms with Gasteiger partial charge in [0.15, 0.2) is 0 Å². The van der Waals surface area contributed by atoms with Crippen molar-refractivity contribution < 1.29 is 14.7 Å². The average Bonchev–Trinajstić information content (AvgIpc) is 3.02. The molecule has 0 aliphatic carbocycles. The van der Waals surface area contributed by atoms with Crippen LogP contribution in [0.1, 0.15) is 17.5 Å². The SMILES string of the molecule is O=C(CCc1cccc(Cl)c1)N[C@@H](Cc1c[nH]c2ccccc12)C(=O)O. The van der Waals surface area contributed by atoms with Crippen molar-refractivity contribution in [3.8, 4) is 0 Å². The lowest BCUT2D eigenvalue weighted by Crippen LogP contribution is -2.42. The molecular formula is C20H19ClN2O3. The fraction of sp³-hybridized carbons (Fsp3) is 0.200. The molecule has 134 valence electrons. The van der Waals surface area contributed by atoms with Crippen molar-refractivity contribution >= 4 is 34.4 Å². The van der Waals surface area contributed by atoms with Crippen molar-refractivity contribution in [3.05, 3.63) is 70.9 Å². The number of hydrogen-bond donors (Lipinski definition) is 3. The first-order valence-corrected chi connectivity index (χ1v) is 8.72. The molecule has 0 spiro atoms. The molecule has 0 fully saturated rings. The van der Waals surface area contributed by atoms with Crippen LogP contribution in [-0.2, 0) is 22.4 Å². The molecule has 0 saturated heterocycles. The zero-order chi connectivity index (χ0) is 18.5. The summed E-state index contributed by atoms with van der Waals surface area (Å²) in [6.07, 6.45) is 2.73. The van der Waals surface area contributed by atoms with E-state index in [1.165, 1.54) is 0 Å². The fourth-order valence-corrected chi connectivity index (χ4v) is 3.15. The number of hydrogen-bond acceptors (Lipinski definition) is 2. The van der Waals surface area contributed by atoms with Gasteiger partial charge in [0.25, 0.3) is 0 Å². The Balaban J connectivity index is 1.63. The minimum absolute atomic E-state index is 0.206. The molecule has 6 heteroatoms. The molecule has 3 N–H and O–H groups in total. The van der Waals surface area contributed by atoms with Gasteiger partial charge in [0.05, 0.1) is 0 Å². The molecule has 1 atom stereocenters. The number of carbonyl (C=O) groups excluding carboxylic acids is 1. The van der Waals surface area contributed by atoms with E-state index < -0.39 is 12.0 Å². The topological polar surface area (TPSA) is 82.2 Å². The Bertz CT molecular complexity index is 935. The maximum absolute atomic E-state index is 12.2. The molecule has 26 heavy (non-hydrogen) atoms. The van der Waals surface area contributed by atoms with Gasteiger partial charge in [-0.1, -0.05) is 41.9 Å². The van der Waals surface area contributed by atoms with Crippen molar-refractivity contribution in [2.24, 2.45) is 0 Å². The summed E-state index contributed by atoms with van der Waals surface area (Å²) in [6, 6.07) is 14.0. The van der Waals surface area contributed by atoms with Crippen molar-refractivity contribution in [2.75, 3.05) is 0 Å². The quantitative estimate of drug-likeness (QED) is 0.594. The van der Waals surface area contributed by atoms with Crippen molar-refractivity contribution in [3.63, 3.8) is 0 Å². The predicted octanol–water partition coefficient (Wildman–Crippen LogP) is 3.57. The third kappa shape index (κ3) is 4.43. The number of amides is 1. The van der Waals surface area contributed by atoms with Gasteiger partial charge in [-0.25, -0.2) is 4.79 Å². The number of fused-ring (bicyclic) bond motifs is 1. The third-order valence-electron chi connectivity index (χ3n) is 4.26. The van der Waals surface area contributed by atoms with E-state index in [0.29, 0.717) is 11.4 Å². The van der Waals surface area contributed by atoms with Crippen LogP contribution in [0, 0.1) is 0 Å². The molecule has 0 aliphatic heterocycles. The zero-order valence-corrected chi connectivity index (χ0v) is 14.8. The summed E-state index contributed by atoms with van der Waals surface area (Å²) in [7, 11) is 0. The first kappa shape index (κ1) is 18.0. The normalized spacial score (nSPS) is 12.0. The van der Waals surface area contributed by atoms with Gasteiger partial charge in [0, 0.05) is 35.0 Å². The number of carbonyl (C=O) groups is 2. The summed E-state index contributed by atoms with van der Waals surface area (Å²) in [5, 5.41) is 13.7. The second-order valence-electron chi connectivity index (χ2n) is 6.15. The van der Waals surface area contributed by atoms with Crippen LogP contribution in [0.2, 0.25) is 5.02 Å². The second-order valence-corrected chi connectivity index (χ2v) is 6.59. The van der Waals surface area contributed by atoms with Gasteiger partial charge in [-0.2, -0.15) is 0 Å². The molecule has 0 bridgehead atoms. The van der Waals surface area contributed by atoms with Gasteiger partial charge in [-0.15, -0.1) is 0 Å². The van der Waals surface area contributed by atoms with Gasteiger partial charge < -0.3 is 15.4 Å². The van der Waals surface area contributed by atoms with Crippen LogP contribution < -0.4 is 5.32 Å². The number of carboxylic acids is 1. The minimum Gasteiger partial charge on any atom is -0.480 e. The van der Waals surface area contributed by atoms with E-state index in [1.807, 2.05) is 36.4 Å². The van der Waals surface area contributed by atoms with E-state index in [-0.39, 0.29) is 18.7 Å². The van der Waals surface area contributed by atoms with E-state index >= 15 is 0 Å². The molecule has 1 aromatic heterocycles. The summed E-state index contributed by atoms with van der Waals surface area (Å²) in [6.45, 7) is 0. The van der Waals surface area contributed by atoms with Crippen LogP contribution in [0.15, 0.2) is 54.7 Å². The predicted molar refractivity (Wildman–Crippen MR) is 101 cm³/mol. The van der Waals surface area contributed by atoms with Crippen molar-refractivity contribution in [1.82, 2.24) is 10.3 Å². The van der Waals surface area contributed by atoms with E-state index in [1.54, 1.807) is 18.3 Å². The van der Waals surface area contributed by atoms with Crippen LogP contribution in [0.25, 0.3) is 10.9 Å². The lowest BCUT2D eigenvalue weighted by atomic mass is 10.0. The van der Waals surface area contributed by atoms with Crippen molar-refractivity contribution in [1.29, 1.82) is 0 Å². The molecule has 0 aliphatic rings. The number of para-hydroxylation sites is 1. The van der Waals surface area contributed by atoms with Crippen LogP contribution in [0.5, 0.6) is 0 Å². The van der Waals surface area contributed by atoms with Gasteiger partial charge in [0.2, 0.25) is 5.91 Å². The summed E-state index contributed by atoms with van der Waals surface area (Å²) in [4.78, 5) is 26.9. The number of aromatic nitrogens is 1. The van der Waals surface area contributed by atoms with E-state index in [4.69, 9.17) is 11.6 Å². The average molecular weight is 371 g/mol. The molecule has 5 nitrogen and oxygen atoms in total. The number of aliphatic carboxylic acids is 1. The number of H-pyrrole nitrogens is 1. The molecule has 0 unspecified atom stereocenters. The van der Waals surface area contributed by atoms with Crippen molar-refractivity contribution in [2.45, 2.75) is 25.3 Å². The lowest BCUT2D eigenvalue weighted by molar-refractivity contribution is -0.141. The first-order valence-electron chi connectivity index (χ1n) is 8.34. The zero-order valence-electron chi connectivity index (χ0n) is 14.0. The summed E-state index contributed by atoms with van der Waals surface area (Å²) in [5.74, 6) is -1.34. The minimum atomic E-state index is -1.05. The number of aromatic amines is 1. The van der Waals surface area contributed by atoms with Crippen LogP contribution >= 0.6 is 11.6 Å². The highest BCUT2D eigenvalue weighted by atomic mass is 35.5. The van der Waals surface area contributed by atoms with E-state index in [9.17, 15) is 14.7 Å². The molecule has 3 rings (SSSR count). The van der Waals surface area contributed by atoms with E-state index in [2.05, 4.69) is 10.3 Å². The highest BCUT2D eigenvalue weighted by Gasteiger charge is 2.21. The van der Waals surface area contributed by atoms with Crippen LogP contribution in [0.3, 0.4) is 0 Å². The maximum atomic E-state index is 12.2. The number of carboxylic acid groups (broad SMARTS) is 1. The van der Waals surface area contributed by atoms with Crippen LogP contribution in [-0.4, -0.2) is 28.0 Å². The molecular weight excluding hydrogens is 352 g/mol. The summed E-state index contributed by atoms with van der Waals surface area (Å²) >= 11 is 5.93. The highest BCUT2D eigenvalue weighted by Crippen LogP contribution is 2.19. The molecule has 2 aromatic carbocycles. The standard InChI is InChI=1S/C20H19ClN2O3/c21-15-5-3-4-13(10-15)8-9-19(24)23-18(20(25)26)11-14-12-22-17-7-2-1-6-16(14)17/h1-7,10,12,18,22H,8-9,11H2,(H,23,24)(H,25,26)/t18-/m0/s1. The smallest absolute Gasteiger partial charge is 0.326 e. The number of nitrogens with one attached hydrogen (secondary N) is 2. The Hall–Kier alpha value is -2.79. The lowest BCUT2D eigenvalue weighted by Gasteiger charge is -2.14. The Labute approximate surface area is 156 Å². The maximum Gasteiger partial charge on any atom is 0.326 e. The summed E-state index contributed by atoms with van der Waals surface area (Å²) < 4.78 is 0. The van der Waals surface area contributed by atoms with Gasteiger partial charge >= 0.3 is 5.97 Å². The molecule has 0 radical (unpaired) electrons. The second kappa shape index (κ2) is 8.06. The first-order chi connectivity index (χ1) is 12.5. The molecule has 0 saturated carbocycles. The fourth-order valence-electron chi connectivity index (χ4n) is 2.94. The molecule has 1 amide bonds. The number of aryl methyl sites for hydroxylation is 1. The number of halogens is 1. The van der Waals surface area contributed by atoms with Crippen LogP contribution in [0.4, 0.5) is 0 Å². The summed E-state index contributed by atoms with van der Waals surface area (Å²) in [5.41, 5.74) is 2.75. The molecule has 1 heterocycles. The Kier molecular flexibility index (Phi) is 5.58. The van der Waals surface area contributed by atoms with Gasteiger partial charge in [-0.3, -0.25) is 4.79 Å². The van der Waals surface area contributed by atoms with E-state index in [0.717, 1.165) is 22.0 Å². The monoisotopic (exact) mass is 370 g/mol. The highest BCUT2D eigenvalue weighted by molar-refractivity contribution is 6.30. The number of benzene rings is 2. The third-order valence-corrected chi connectivity index (χ3v) is 4.50. The molecule has 3 aromatic rings. The largest absolute Gasteiger partial charge is 0.480 e. The Morgan fingerprint density at radius 1 is 1.15 bits per heavy atom.